The Morgan fingerprint density at radius 3 is 2.35 bits per heavy atom. The number of benzene rings is 1. The lowest BCUT2D eigenvalue weighted by molar-refractivity contribution is -0.0328. The summed E-state index contributed by atoms with van der Waals surface area (Å²) >= 11 is -0.309. The summed E-state index contributed by atoms with van der Waals surface area (Å²) in [6, 6.07) is 4.55. The molecule has 12 heteroatoms. The van der Waals surface area contributed by atoms with Crippen LogP contribution >= 0.6 is 11.8 Å². The van der Waals surface area contributed by atoms with Crippen molar-refractivity contribution in [2.24, 2.45) is 5.92 Å². The minimum Gasteiger partial charge on any atom is -0.215 e. The smallest absolute Gasteiger partial charge is 0.215 e. The maximum Gasteiger partial charge on any atom is 0.446 e. The van der Waals surface area contributed by atoms with Crippen LogP contribution in [0.25, 0.3) is 0 Å². The fourth-order valence-electron chi connectivity index (χ4n) is 2.64. The van der Waals surface area contributed by atoms with Crippen LogP contribution in [0.2, 0.25) is 0 Å². The zero-order valence-electron chi connectivity index (χ0n) is 13.9. The molecular formula is C14H19F3N2O4S3. The van der Waals surface area contributed by atoms with Gasteiger partial charge in [0, 0.05) is 24.5 Å². The van der Waals surface area contributed by atoms with Crippen LogP contribution in [0.4, 0.5) is 13.2 Å². The first-order chi connectivity index (χ1) is 11.9. The molecule has 0 radical (unpaired) electrons. The third kappa shape index (κ3) is 6.41. The molecule has 0 saturated carbocycles. The van der Waals surface area contributed by atoms with Crippen LogP contribution in [0.1, 0.15) is 12.8 Å². The van der Waals surface area contributed by atoms with Gasteiger partial charge in [-0.15, -0.1) is 0 Å². The van der Waals surface area contributed by atoms with E-state index in [9.17, 15) is 30.0 Å². The molecule has 148 valence electrons. The summed E-state index contributed by atoms with van der Waals surface area (Å²) in [5.41, 5.74) is -4.44. The van der Waals surface area contributed by atoms with E-state index < -0.39 is 25.6 Å². The van der Waals surface area contributed by atoms with Gasteiger partial charge >= 0.3 is 5.51 Å². The summed E-state index contributed by atoms with van der Waals surface area (Å²) in [5.74, 6) is -0.159. The molecule has 0 amide bonds. The molecule has 1 atom stereocenters. The number of nitrogens with zero attached hydrogens (tertiary/aromatic N) is 1. The standard InChI is InChI=1S/C14H19F3N2O4S3/c1-25(20,21)18-9-11-3-2-8-19(10-11)26(22,23)13-6-4-12(5-7-13)24-14(15,16)17/h4-7,11,18H,2-3,8-10H2,1H3. The van der Waals surface area contributed by atoms with E-state index in [4.69, 9.17) is 0 Å². The summed E-state index contributed by atoms with van der Waals surface area (Å²) in [4.78, 5) is -0.175. The number of hydrogen-bond donors (Lipinski definition) is 1. The lowest BCUT2D eigenvalue weighted by Gasteiger charge is -2.31. The largest absolute Gasteiger partial charge is 0.446 e. The zero-order chi connectivity index (χ0) is 19.6. The van der Waals surface area contributed by atoms with Crippen LogP contribution < -0.4 is 4.72 Å². The van der Waals surface area contributed by atoms with Crippen molar-refractivity contribution in [3.63, 3.8) is 0 Å². The molecule has 1 aromatic carbocycles. The SMILES string of the molecule is CS(=O)(=O)NCC1CCCN(S(=O)(=O)c2ccc(SC(F)(F)F)cc2)C1. The van der Waals surface area contributed by atoms with Crippen LogP contribution in [-0.4, -0.2) is 52.5 Å². The molecule has 1 aliphatic rings. The number of piperidine rings is 1. The second kappa shape index (κ2) is 8.05. The highest BCUT2D eigenvalue weighted by Crippen LogP contribution is 2.37. The molecule has 0 bridgehead atoms. The third-order valence-electron chi connectivity index (χ3n) is 3.81. The van der Waals surface area contributed by atoms with Gasteiger partial charge in [-0.05, 0) is 54.8 Å². The number of sulfonamides is 2. The van der Waals surface area contributed by atoms with E-state index in [0.717, 1.165) is 30.5 Å². The molecule has 0 aromatic heterocycles. The van der Waals surface area contributed by atoms with Gasteiger partial charge in [-0.3, -0.25) is 0 Å². The molecular weight excluding hydrogens is 413 g/mol. The predicted molar refractivity (Wildman–Crippen MR) is 92.7 cm³/mol. The molecule has 1 unspecified atom stereocenters. The molecule has 1 aromatic rings. The summed E-state index contributed by atoms with van der Waals surface area (Å²) in [6.07, 6.45) is 2.30. The molecule has 1 saturated heterocycles. The fraction of sp³-hybridized carbons (Fsp3) is 0.571. The number of halogens is 3. The Labute approximate surface area is 155 Å². The van der Waals surface area contributed by atoms with E-state index in [1.165, 1.54) is 4.31 Å². The van der Waals surface area contributed by atoms with Crippen molar-refractivity contribution in [1.82, 2.24) is 9.03 Å². The number of thioether (sulfide) groups is 1. The van der Waals surface area contributed by atoms with E-state index in [1.54, 1.807) is 0 Å². The van der Waals surface area contributed by atoms with Crippen molar-refractivity contribution in [1.29, 1.82) is 0 Å². The van der Waals surface area contributed by atoms with Gasteiger partial charge < -0.3 is 0 Å². The minimum absolute atomic E-state index is 0.0826. The number of hydrogen-bond acceptors (Lipinski definition) is 5. The first-order valence-electron chi connectivity index (χ1n) is 7.67. The molecule has 0 aliphatic carbocycles. The topological polar surface area (TPSA) is 83.6 Å². The molecule has 6 nitrogen and oxygen atoms in total. The number of alkyl halides is 3. The predicted octanol–water partition coefficient (Wildman–Crippen LogP) is 2.25. The summed E-state index contributed by atoms with van der Waals surface area (Å²) < 4.78 is 88.4. The molecule has 1 heterocycles. The van der Waals surface area contributed by atoms with Crippen LogP contribution in [-0.2, 0) is 20.0 Å². The van der Waals surface area contributed by atoms with Gasteiger partial charge in [0.1, 0.15) is 0 Å². The second-order valence-electron chi connectivity index (χ2n) is 6.01. The fourth-order valence-corrected chi connectivity index (χ4v) is 5.28. The van der Waals surface area contributed by atoms with Crippen molar-refractivity contribution in [2.75, 3.05) is 25.9 Å². The average Bonchev–Trinajstić information content (AvgIpc) is 2.51. The normalized spacial score (nSPS) is 20.2. The first-order valence-corrected chi connectivity index (χ1v) is 11.8. The maximum atomic E-state index is 12.7. The Morgan fingerprint density at radius 1 is 1.19 bits per heavy atom. The quantitative estimate of drug-likeness (QED) is 0.697. The van der Waals surface area contributed by atoms with Gasteiger partial charge in [-0.2, -0.15) is 17.5 Å². The van der Waals surface area contributed by atoms with Crippen molar-refractivity contribution < 1.29 is 30.0 Å². The van der Waals surface area contributed by atoms with Crippen molar-refractivity contribution in [3.8, 4) is 0 Å². The highest BCUT2D eigenvalue weighted by atomic mass is 32.2. The van der Waals surface area contributed by atoms with Crippen molar-refractivity contribution in [3.05, 3.63) is 24.3 Å². The summed E-state index contributed by atoms with van der Waals surface area (Å²) in [7, 11) is -7.20. The third-order valence-corrected chi connectivity index (χ3v) is 7.12. The van der Waals surface area contributed by atoms with Crippen LogP contribution in [0, 0.1) is 5.92 Å². The van der Waals surface area contributed by atoms with Crippen LogP contribution in [0.5, 0.6) is 0 Å². The maximum absolute atomic E-state index is 12.7. The van der Waals surface area contributed by atoms with Gasteiger partial charge in [0.25, 0.3) is 0 Å². The van der Waals surface area contributed by atoms with Gasteiger partial charge in [0.2, 0.25) is 20.0 Å². The zero-order valence-corrected chi connectivity index (χ0v) is 16.3. The van der Waals surface area contributed by atoms with Crippen LogP contribution in [0.15, 0.2) is 34.1 Å². The van der Waals surface area contributed by atoms with E-state index in [-0.39, 0.29) is 47.1 Å². The highest BCUT2D eigenvalue weighted by Gasteiger charge is 2.32. The minimum atomic E-state index is -4.44. The second-order valence-corrected chi connectivity index (χ2v) is 10.9. The first kappa shape index (κ1) is 21.5. The number of nitrogens with one attached hydrogen (secondary N) is 1. The van der Waals surface area contributed by atoms with Gasteiger partial charge in [0.05, 0.1) is 11.2 Å². The van der Waals surface area contributed by atoms with E-state index in [2.05, 4.69) is 4.72 Å². The van der Waals surface area contributed by atoms with Gasteiger partial charge in [-0.1, -0.05) is 0 Å². The lowest BCUT2D eigenvalue weighted by atomic mass is 10.0. The molecule has 1 fully saturated rings. The molecule has 1 aliphatic heterocycles. The Morgan fingerprint density at radius 2 is 1.81 bits per heavy atom. The van der Waals surface area contributed by atoms with Crippen LogP contribution in [0.3, 0.4) is 0 Å². The lowest BCUT2D eigenvalue weighted by Crippen LogP contribution is -2.43. The number of rotatable bonds is 6. The Balaban J connectivity index is 2.08. The Kier molecular flexibility index (Phi) is 6.65. The van der Waals surface area contributed by atoms with Gasteiger partial charge in [0.15, 0.2) is 0 Å². The highest BCUT2D eigenvalue weighted by molar-refractivity contribution is 8.00. The summed E-state index contributed by atoms with van der Waals surface area (Å²) in [5, 5.41) is 0. The molecule has 0 spiro atoms. The molecule has 2 rings (SSSR count). The van der Waals surface area contributed by atoms with E-state index >= 15 is 0 Å². The van der Waals surface area contributed by atoms with Gasteiger partial charge in [-0.25, -0.2) is 21.6 Å². The Hall–Kier alpha value is -0.820. The van der Waals surface area contributed by atoms with Crippen molar-refractivity contribution in [2.45, 2.75) is 28.1 Å². The molecule has 26 heavy (non-hydrogen) atoms. The monoisotopic (exact) mass is 432 g/mol. The summed E-state index contributed by atoms with van der Waals surface area (Å²) in [6.45, 7) is 0.590. The molecule has 1 N–H and O–H groups in total. The van der Waals surface area contributed by atoms with E-state index in [1.807, 2.05) is 0 Å². The average molecular weight is 433 g/mol. The Bertz CT molecular complexity index is 824. The van der Waals surface area contributed by atoms with Crippen molar-refractivity contribution >= 4 is 31.8 Å². The van der Waals surface area contributed by atoms with E-state index in [0.29, 0.717) is 12.8 Å².